The maximum atomic E-state index is 2.40. The minimum Gasteiger partial charge on any atom is -0.353 e. The van der Waals surface area contributed by atoms with Crippen LogP contribution in [0.4, 0.5) is 0 Å². The molecule has 1 aliphatic rings. The Morgan fingerprint density at radius 3 is 2.14 bits per heavy atom. The van der Waals surface area contributed by atoms with E-state index >= 15 is 0 Å². The van der Waals surface area contributed by atoms with E-state index in [-0.39, 0.29) is 0 Å². The van der Waals surface area contributed by atoms with Crippen molar-refractivity contribution in [2.75, 3.05) is 0 Å². The van der Waals surface area contributed by atoms with Gasteiger partial charge in [-0.15, -0.1) is 0 Å². The highest BCUT2D eigenvalue weighted by Crippen LogP contribution is 2.45. The van der Waals surface area contributed by atoms with E-state index < -0.39 is 0 Å². The molecule has 1 heterocycles. The summed E-state index contributed by atoms with van der Waals surface area (Å²) in [6, 6.07) is 0. The lowest BCUT2D eigenvalue weighted by molar-refractivity contribution is 0.100. The summed E-state index contributed by atoms with van der Waals surface area (Å²) in [5, 5.41) is 0. The molecule has 1 aromatic heterocycles. The minimum absolute atomic E-state index is 0.637. The zero-order chi connectivity index (χ0) is 10.2. The van der Waals surface area contributed by atoms with Crippen molar-refractivity contribution in [3.63, 3.8) is 0 Å². The predicted molar refractivity (Wildman–Crippen MR) is 60.5 cm³/mol. The van der Waals surface area contributed by atoms with Crippen LogP contribution in [0, 0.1) is 19.3 Å². The molecule has 0 radical (unpaired) electrons. The Labute approximate surface area is 87.1 Å². The monoisotopic (exact) mass is 191 g/mol. The molecule has 0 aromatic carbocycles. The molecule has 14 heavy (non-hydrogen) atoms. The van der Waals surface area contributed by atoms with E-state index in [2.05, 4.69) is 37.7 Å². The molecule has 0 atom stereocenters. The third-order valence-corrected chi connectivity index (χ3v) is 4.02. The van der Waals surface area contributed by atoms with Gasteiger partial charge < -0.3 is 4.57 Å². The molecule has 1 aromatic rings. The van der Waals surface area contributed by atoms with Gasteiger partial charge in [0.1, 0.15) is 0 Å². The van der Waals surface area contributed by atoms with Crippen molar-refractivity contribution in [1.29, 1.82) is 0 Å². The van der Waals surface area contributed by atoms with E-state index in [1.54, 1.807) is 0 Å². The van der Waals surface area contributed by atoms with Gasteiger partial charge in [-0.2, -0.15) is 0 Å². The van der Waals surface area contributed by atoms with Crippen molar-refractivity contribution in [3.05, 3.63) is 23.5 Å². The second kappa shape index (κ2) is 3.45. The average Bonchev–Trinajstić information content (AvgIpc) is 2.39. The van der Waals surface area contributed by atoms with Crippen molar-refractivity contribution in [3.8, 4) is 0 Å². The lowest BCUT2D eigenvalue weighted by Gasteiger charge is -2.41. The van der Waals surface area contributed by atoms with Crippen LogP contribution in [0.25, 0.3) is 0 Å². The molecule has 0 amide bonds. The van der Waals surface area contributed by atoms with Crippen LogP contribution in [-0.2, 0) is 6.54 Å². The molecule has 0 N–H and O–H groups in total. The van der Waals surface area contributed by atoms with Gasteiger partial charge >= 0.3 is 0 Å². The largest absolute Gasteiger partial charge is 0.353 e. The van der Waals surface area contributed by atoms with Gasteiger partial charge in [0.15, 0.2) is 0 Å². The summed E-state index contributed by atoms with van der Waals surface area (Å²) in [6.07, 6.45) is 10.2. The van der Waals surface area contributed by atoms with Crippen LogP contribution < -0.4 is 0 Å². The minimum atomic E-state index is 0.637. The van der Waals surface area contributed by atoms with Crippen molar-refractivity contribution < 1.29 is 0 Å². The fraction of sp³-hybridized carbons (Fsp3) is 0.692. The number of nitrogens with zero attached hydrogens (tertiary/aromatic N) is 1. The SMILES string of the molecule is CCC1(Cn2cc(C)c(C)c2)CCC1. The zero-order valence-corrected chi connectivity index (χ0v) is 9.64. The first-order chi connectivity index (χ1) is 6.65. The van der Waals surface area contributed by atoms with E-state index in [0.29, 0.717) is 5.41 Å². The smallest absolute Gasteiger partial charge is 0.0276 e. The van der Waals surface area contributed by atoms with Crippen molar-refractivity contribution in [1.82, 2.24) is 4.57 Å². The maximum absolute atomic E-state index is 2.40. The third kappa shape index (κ3) is 1.60. The highest BCUT2D eigenvalue weighted by molar-refractivity contribution is 5.20. The van der Waals surface area contributed by atoms with Gasteiger partial charge in [-0.1, -0.05) is 13.3 Å². The normalized spacial score (nSPS) is 19.4. The summed E-state index contributed by atoms with van der Waals surface area (Å²) in [7, 11) is 0. The molecule has 78 valence electrons. The molecule has 0 spiro atoms. The second-order valence-electron chi connectivity index (χ2n) is 5.00. The highest BCUT2D eigenvalue weighted by Gasteiger charge is 2.35. The number of rotatable bonds is 3. The molecule has 0 bridgehead atoms. The summed E-state index contributed by atoms with van der Waals surface area (Å²) in [4.78, 5) is 0. The quantitative estimate of drug-likeness (QED) is 0.686. The van der Waals surface area contributed by atoms with E-state index in [4.69, 9.17) is 0 Å². The zero-order valence-electron chi connectivity index (χ0n) is 9.64. The number of aromatic nitrogens is 1. The van der Waals surface area contributed by atoms with Crippen LogP contribution in [0.15, 0.2) is 12.4 Å². The van der Waals surface area contributed by atoms with Gasteiger partial charge in [0, 0.05) is 18.9 Å². The summed E-state index contributed by atoms with van der Waals surface area (Å²) in [5.74, 6) is 0. The molecular formula is C13H21N. The summed E-state index contributed by atoms with van der Waals surface area (Å²) >= 11 is 0. The summed E-state index contributed by atoms with van der Waals surface area (Å²) in [5.41, 5.74) is 3.49. The van der Waals surface area contributed by atoms with Gasteiger partial charge in [-0.05, 0) is 49.7 Å². The Morgan fingerprint density at radius 1 is 1.21 bits per heavy atom. The van der Waals surface area contributed by atoms with E-state index in [9.17, 15) is 0 Å². The molecule has 1 heteroatoms. The lowest BCUT2D eigenvalue weighted by Crippen LogP contribution is -2.33. The topological polar surface area (TPSA) is 4.93 Å². The highest BCUT2D eigenvalue weighted by atomic mass is 15.0. The van der Waals surface area contributed by atoms with Crippen LogP contribution in [0.1, 0.15) is 43.7 Å². The molecule has 2 rings (SSSR count). The molecule has 1 nitrogen and oxygen atoms in total. The Hall–Kier alpha value is -0.720. The van der Waals surface area contributed by atoms with Crippen LogP contribution in [0.5, 0.6) is 0 Å². The number of hydrogen-bond donors (Lipinski definition) is 0. The van der Waals surface area contributed by atoms with E-state index in [1.807, 2.05) is 0 Å². The van der Waals surface area contributed by atoms with Crippen LogP contribution in [0.3, 0.4) is 0 Å². The Bertz CT molecular complexity index is 293. The first kappa shape index (κ1) is 9.82. The van der Waals surface area contributed by atoms with Gasteiger partial charge in [0.25, 0.3) is 0 Å². The predicted octanol–water partition coefficient (Wildman–Crippen LogP) is 3.69. The molecule has 0 aliphatic heterocycles. The average molecular weight is 191 g/mol. The molecular weight excluding hydrogens is 170 g/mol. The van der Waals surface area contributed by atoms with Crippen LogP contribution in [-0.4, -0.2) is 4.57 Å². The van der Waals surface area contributed by atoms with Crippen molar-refractivity contribution >= 4 is 0 Å². The number of aryl methyl sites for hydroxylation is 2. The van der Waals surface area contributed by atoms with Crippen LogP contribution >= 0.6 is 0 Å². The van der Waals surface area contributed by atoms with Crippen LogP contribution in [0.2, 0.25) is 0 Å². The molecule has 1 saturated carbocycles. The maximum Gasteiger partial charge on any atom is 0.0276 e. The number of hydrogen-bond acceptors (Lipinski definition) is 0. The van der Waals surface area contributed by atoms with E-state index in [0.717, 1.165) is 0 Å². The summed E-state index contributed by atoms with van der Waals surface area (Å²) < 4.78 is 2.40. The van der Waals surface area contributed by atoms with Gasteiger partial charge in [-0.25, -0.2) is 0 Å². The fourth-order valence-electron chi connectivity index (χ4n) is 2.52. The first-order valence-electron chi connectivity index (χ1n) is 5.78. The fourth-order valence-corrected chi connectivity index (χ4v) is 2.52. The van der Waals surface area contributed by atoms with Gasteiger partial charge in [-0.3, -0.25) is 0 Å². The van der Waals surface area contributed by atoms with Gasteiger partial charge in [0.2, 0.25) is 0 Å². The molecule has 0 unspecified atom stereocenters. The second-order valence-corrected chi connectivity index (χ2v) is 5.00. The van der Waals surface area contributed by atoms with Crippen molar-refractivity contribution in [2.24, 2.45) is 5.41 Å². The molecule has 1 fully saturated rings. The molecule has 1 aliphatic carbocycles. The Balaban J connectivity index is 2.09. The molecule has 0 saturated heterocycles. The first-order valence-corrected chi connectivity index (χ1v) is 5.78. The van der Waals surface area contributed by atoms with Gasteiger partial charge in [0.05, 0.1) is 0 Å². The van der Waals surface area contributed by atoms with E-state index in [1.165, 1.54) is 43.4 Å². The standard InChI is InChI=1S/C13H21N/c1-4-13(6-5-7-13)10-14-8-11(2)12(3)9-14/h8-9H,4-7,10H2,1-3H3. The summed E-state index contributed by atoms with van der Waals surface area (Å²) in [6.45, 7) is 7.97. The Kier molecular flexibility index (Phi) is 2.42. The third-order valence-electron chi connectivity index (χ3n) is 4.02. The van der Waals surface area contributed by atoms with Crippen molar-refractivity contribution in [2.45, 2.75) is 53.0 Å². The Morgan fingerprint density at radius 2 is 1.79 bits per heavy atom. The lowest BCUT2D eigenvalue weighted by atomic mass is 9.67.